The molecule has 1 aliphatic heterocycles. The lowest BCUT2D eigenvalue weighted by molar-refractivity contribution is -0.142. The van der Waals surface area contributed by atoms with Crippen molar-refractivity contribution in [3.05, 3.63) is 48.0 Å². The van der Waals surface area contributed by atoms with Gasteiger partial charge in [0.1, 0.15) is 12.1 Å². The Kier molecular flexibility index (Phi) is 11.2. The molecule has 4 rings (SSSR count). The number of nitrogens with zero attached hydrogens (tertiary/aromatic N) is 1. The van der Waals surface area contributed by atoms with E-state index in [1.165, 1.54) is 11.0 Å². The third-order valence-electron chi connectivity index (χ3n) is 9.29. The van der Waals surface area contributed by atoms with Crippen LogP contribution in [-0.2, 0) is 36.8 Å². The first-order valence-corrected chi connectivity index (χ1v) is 16.1. The van der Waals surface area contributed by atoms with Crippen LogP contribution in [0.25, 0.3) is 0 Å². The summed E-state index contributed by atoms with van der Waals surface area (Å²) in [4.78, 5) is 80.0. The molecule has 0 spiro atoms. The highest BCUT2D eigenvalue weighted by molar-refractivity contribution is 6.37. The van der Waals surface area contributed by atoms with E-state index in [-0.39, 0.29) is 47.8 Å². The Balaban J connectivity index is 1.54. The number of fused-ring (bicyclic) bond motifs is 1. The lowest BCUT2D eigenvalue weighted by atomic mass is 9.93. The van der Waals surface area contributed by atoms with Crippen LogP contribution in [0.2, 0.25) is 0 Å². The number of ketones is 2. The number of nitrogens with one attached hydrogen (secondary N) is 4. The van der Waals surface area contributed by atoms with Gasteiger partial charge in [-0.05, 0) is 66.9 Å². The number of carbonyl (C=O) groups is 6. The first-order chi connectivity index (χ1) is 21.4. The molecule has 4 N–H and O–H groups in total. The third-order valence-corrected chi connectivity index (χ3v) is 9.29. The molecule has 0 bridgehead atoms. The first kappa shape index (κ1) is 33.9. The Morgan fingerprint density at radius 2 is 1.58 bits per heavy atom. The summed E-state index contributed by atoms with van der Waals surface area (Å²) < 4.78 is 0. The number of urea groups is 1. The molecule has 1 aromatic rings. The van der Waals surface area contributed by atoms with Gasteiger partial charge >= 0.3 is 6.03 Å². The van der Waals surface area contributed by atoms with Gasteiger partial charge < -0.3 is 26.2 Å². The van der Waals surface area contributed by atoms with Crippen LogP contribution in [0, 0.1) is 29.6 Å². The van der Waals surface area contributed by atoms with Crippen molar-refractivity contribution in [3.8, 4) is 0 Å². The van der Waals surface area contributed by atoms with Gasteiger partial charge in [-0.2, -0.15) is 0 Å². The monoisotopic (exact) mass is 621 g/mol. The van der Waals surface area contributed by atoms with Crippen molar-refractivity contribution in [1.82, 2.24) is 26.2 Å². The number of benzene rings is 1. The molecule has 0 unspecified atom stereocenters. The van der Waals surface area contributed by atoms with Crippen LogP contribution < -0.4 is 21.3 Å². The van der Waals surface area contributed by atoms with Crippen LogP contribution in [0.4, 0.5) is 4.79 Å². The molecule has 11 nitrogen and oxygen atoms in total. The van der Waals surface area contributed by atoms with E-state index in [1.54, 1.807) is 0 Å². The molecule has 4 atom stereocenters. The number of likely N-dealkylation sites (tertiary alicyclic amines) is 1. The lowest BCUT2D eigenvalue weighted by Crippen LogP contribution is -2.59. The molecular formula is C34H47N5O6. The molecule has 11 heteroatoms. The summed E-state index contributed by atoms with van der Waals surface area (Å²) in [7, 11) is 0. The fourth-order valence-corrected chi connectivity index (χ4v) is 6.37. The predicted octanol–water partition coefficient (Wildman–Crippen LogP) is 1.93. The topological polar surface area (TPSA) is 154 Å². The SMILES string of the molecule is C=CCNC(=O)C(=O)CNC(=O)[C@@H]1C[C@@H](C(C)C)CN1C(=O)[C@@H](NC(=O)N[C@H](C(=O)C1CC1)C(C)C)C1Cc2ccccc2C1. The average molecular weight is 622 g/mol. The molecule has 0 radical (unpaired) electrons. The van der Waals surface area contributed by atoms with E-state index in [1.807, 2.05) is 52.0 Å². The maximum atomic E-state index is 14.4. The van der Waals surface area contributed by atoms with Gasteiger partial charge in [0.05, 0.1) is 12.6 Å². The van der Waals surface area contributed by atoms with Gasteiger partial charge in [-0.3, -0.25) is 24.0 Å². The molecule has 45 heavy (non-hydrogen) atoms. The van der Waals surface area contributed by atoms with Crippen LogP contribution in [-0.4, -0.2) is 78.0 Å². The smallest absolute Gasteiger partial charge is 0.316 e. The Labute approximate surface area is 265 Å². The van der Waals surface area contributed by atoms with E-state index in [9.17, 15) is 28.8 Å². The zero-order valence-electron chi connectivity index (χ0n) is 26.8. The molecule has 1 aromatic carbocycles. The van der Waals surface area contributed by atoms with Gasteiger partial charge in [0.25, 0.3) is 5.91 Å². The number of rotatable bonds is 14. The summed E-state index contributed by atoms with van der Waals surface area (Å²) in [6.07, 6.45) is 4.64. The normalized spacial score (nSPS) is 20.7. The molecule has 0 aromatic heterocycles. The maximum absolute atomic E-state index is 14.4. The Hall–Kier alpha value is -4.02. The van der Waals surface area contributed by atoms with Crippen LogP contribution in [0.5, 0.6) is 0 Å². The van der Waals surface area contributed by atoms with Crippen molar-refractivity contribution >= 4 is 35.3 Å². The second kappa shape index (κ2) is 14.8. The Bertz CT molecular complexity index is 1300. The molecule has 5 amide bonds. The highest BCUT2D eigenvalue weighted by Gasteiger charge is 2.46. The van der Waals surface area contributed by atoms with Crippen molar-refractivity contribution in [1.29, 1.82) is 0 Å². The van der Waals surface area contributed by atoms with E-state index >= 15 is 0 Å². The van der Waals surface area contributed by atoms with Crippen LogP contribution in [0.15, 0.2) is 36.9 Å². The minimum atomic E-state index is -0.950. The van der Waals surface area contributed by atoms with Crippen LogP contribution in [0.1, 0.15) is 58.1 Å². The van der Waals surface area contributed by atoms with Gasteiger partial charge in [0.2, 0.25) is 17.6 Å². The van der Waals surface area contributed by atoms with Crippen molar-refractivity contribution in [2.45, 2.75) is 77.9 Å². The number of hydrogen-bond donors (Lipinski definition) is 4. The summed E-state index contributed by atoms with van der Waals surface area (Å²) in [5.41, 5.74) is 2.21. The van der Waals surface area contributed by atoms with Crippen molar-refractivity contribution < 1.29 is 28.8 Å². The molecule has 1 heterocycles. The molecule has 2 fully saturated rings. The van der Waals surface area contributed by atoms with Crippen molar-refractivity contribution in [3.63, 3.8) is 0 Å². The predicted molar refractivity (Wildman–Crippen MR) is 169 cm³/mol. The maximum Gasteiger partial charge on any atom is 0.316 e. The number of Topliss-reactive ketones (excluding diaryl/α,β-unsaturated/α-hetero) is 2. The van der Waals surface area contributed by atoms with Gasteiger partial charge in [0, 0.05) is 19.0 Å². The zero-order valence-corrected chi connectivity index (χ0v) is 26.8. The minimum Gasteiger partial charge on any atom is -0.347 e. The summed E-state index contributed by atoms with van der Waals surface area (Å²) >= 11 is 0. The lowest BCUT2D eigenvalue weighted by Gasteiger charge is -2.32. The molecular weight excluding hydrogens is 574 g/mol. The molecule has 244 valence electrons. The summed E-state index contributed by atoms with van der Waals surface area (Å²) in [5.74, 6) is -2.73. The fraction of sp³-hybridized carbons (Fsp3) is 0.588. The number of hydrogen-bond acceptors (Lipinski definition) is 6. The van der Waals surface area contributed by atoms with Crippen molar-refractivity contribution in [2.75, 3.05) is 19.6 Å². The van der Waals surface area contributed by atoms with Gasteiger partial charge in [0.15, 0.2) is 5.78 Å². The second-order valence-electron chi connectivity index (χ2n) is 13.3. The quantitative estimate of drug-likeness (QED) is 0.184. The summed E-state index contributed by atoms with van der Waals surface area (Å²) in [5, 5.41) is 10.7. The fourth-order valence-electron chi connectivity index (χ4n) is 6.37. The zero-order chi connectivity index (χ0) is 32.8. The summed E-state index contributed by atoms with van der Waals surface area (Å²) in [6, 6.07) is 4.86. The van der Waals surface area contributed by atoms with Crippen molar-refractivity contribution in [2.24, 2.45) is 29.6 Å². The number of carbonyl (C=O) groups excluding carboxylic acids is 6. The third kappa shape index (κ3) is 8.38. The Morgan fingerprint density at radius 3 is 2.13 bits per heavy atom. The van der Waals surface area contributed by atoms with E-state index < -0.39 is 48.3 Å². The standard InChI is InChI=1S/C34H47N5O6/c1-6-13-35-32(43)27(40)17-36-31(42)26-16-25(19(2)3)18-39(26)33(44)29(24-14-22-9-7-8-10-23(22)15-24)38-34(45)37-28(20(4)5)30(41)21-11-12-21/h6-10,19-21,24-26,28-29H,1,11-18H2,2-5H3,(H,35,43)(H,36,42)(H2,37,38,45)/t25-,26+,28+,29+/m1/s1. The highest BCUT2D eigenvalue weighted by Crippen LogP contribution is 2.34. The minimum absolute atomic E-state index is 0.0140. The van der Waals surface area contributed by atoms with Crippen LogP contribution in [0.3, 0.4) is 0 Å². The van der Waals surface area contributed by atoms with E-state index in [2.05, 4.69) is 27.8 Å². The van der Waals surface area contributed by atoms with E-state index in [0.717, 1.165) is 24.0 Å². The Morgan fingerprint density at radius 1 is 0.933 bits per heavy atom. The van der Waals surface area contributed by atoms with E-state index in [0.29, 0.717) is 25.8 Å². The van der Waals surface area contributed by atoms with Gasteiger partial charge in [-0.25, -0.2) is 4.79 Å². The average Bonchev–Trinajstić information content (AvgIpc) is 3.61. The summed E-state index contributed by atoms with van der Waals surface area (Å²) in [6.45, 7) is 11.3. The van der Waals surface area contributed by atoms with E-state index in [4.69, 9.17) is 0 Å². The second-order valence-corrected chi connectivity index (χ2v) is 13.3. The molecule has 3 aliphatic rings. The largest absolute Gasteiger partial charge is 0.347 e. The first-order valence-electron chi connectivity index (χ1n) is 16.1. The molecule has 1 saturated carbocycles. The van der Waals surface area contributed by atoms with Gasteiger partial charge in [-0.1, -0.05) is 58.0 Å². The number of amides is 5. The molecule has 1 saturated heterocycles. The van der Waals surface area contributed by atoms with Gasteiger partial charge in [-0.15, -0.1) is 6.58 Å². The molecule has 2 aliphatic carbocycles. The highest BCUT2D eigenvalue weighted by atomic mass is 16.2. The van der Waals surface area contributed by atoms with Crippen LogP contribution >= 0.6 is 0 Å².